The van der Waals surface area contributed by atoms with Gasteiger partial charge in [0.1, 0.15) is 5.82 Å². The lowest BCUT2D eigenvalue weighted by molar-refractivity contribution is 0.121. The summed E-state index contributed by atoms with van der Waals surface area (Å²) in [6.07, 6.45) is 0. The smallest absolute Gasteiger partial charge is 0.230 e. The Kier molecular flexibility index (Phi) is 4.17. The highest BCUT2D eigenvalue weighted by atomic mass is 16.5. The molecule has 0 aliphatic carbocycles. The van der Waals surface area contributed by atoms with E-state index < -0.39 is 0 Å². The summed E-state index contributed by atoms with van der Waals surface area (Å²) in [4.78, 5) is 13.5. The normalized spacial score (nSPS) is 20.1. The van der Waals surface area contributed by atoms with Gasteiger partial charge in [-0.1, -0.05) is 0 Å². The molecule has 0 atom stereocenters. The van der Waals surface area contributed by atoms with E-state index in [2.05, 4.69) is 19.8 Å². The maximum atomic E-state index is 5.38. The summed E-state index contributed by atoms with van der Waals surface area (Å²) < 4.78 is 16.1. The molecule has 2 saturated heterocycles. The average molecular weight is 280 g/mol. The molecule has 1 aromatic heterocycles. The van der Waals surface area contributed by atoms with Crippen molar-refractivity contribution in [3.05, 3.63) is 6.07 Å². The van der Waals surface area contributed by atoms with Crippen molar-refractivity contribution in [2.45, 2.75) is 0 Å². The Labute approximate surface area is 118 Å². The fourth-order valence-electron chi connectivity index (χ4n) is 2.36. The number of anilines is 2. The summed E-state index contributed by atoms with van der Waals surface area (Å²) in [6.45, 7) is 6.23. The van der Waals surface area contributed by atoms with Crippen molar-refractivity contribution in [2.24, 2.45) is 0 Å². The number of hydrogen-bond donors (Lipinski definition) is 0. The Morgan fingerprint density at radius 3 is 2.15 bits per heavy atom. The summed E-state index contributed by atoms with van der Waals surface area (Å²) in [5.41, 5.74) is 0. The zero-order valence-corrected chi connectivity index (χ0v) is 11.7. The second kappa shape index (κ2) is 6.23. The molecule has 0 radical (unpaired) electrons. The van der Waals surface area contributed by atoms with E-state index >= 15 is 0 Å². The minimum Gasteiger partial charge on any atom is -0.481 e. The van der Waals surface area contributed by atoms with Crippen molar-refractivity contribution >= 4 is 11.8 Å². The predicted octanol–water partition coefficient (Wildman–Crippen LogP) is 0.158. The topological polar surface area (TPSA) is 60.0 Å². The highest BCUT2D eigenvalue weighted by molar-refractivity contribution is 5.48. The molecule has 2 aliphatic rings. The third-order valence-corrected chi connectivity index (χ3v) is 3.52. The van der Waals surface area contributed by atoms with E-state index in [1.165, 1.54) is 0 Å². The van der Waals surface area contributed by atoms with E-state index in [4.69, 9.17) is 14.2 Å². The number of methoxy groups -OCH3 is 1. The molecule has 0 spiro atoms. The summed E-state index contributed by atoms with van der Waals surface area (Å²) in [6, 6.07) is 1.88. The summed E-state index contributed by atoms with van der Waals surface area (Å²) in [5.74, 6) is 2.22. The van der Waals surface area contributed by atoms with E-state index in [1.54, 1.807) is 7.11 Å². The van der Waals surface area contributed by atoms with Crippen LogP contribution in [0.4, 0.5) is 11.8 Å². The molecule has 2 fully saturated rings. The first-order chi connectivity index (χ1) is 9.86. The van der Waals surface area contributed by atoms with Crippen molar-refractivity contribution in [1.29, 1.82) is 0 Å². The lowest BCUT2D eigenvalue weighted by Crippen LogP contribution is -2.39. The molecule has 7 heteroatoms. The third kappa shape index (κ3) is 2.94. The molecule has 2 aliphatic heterocycles. The van der Waals surface area contributed by atoms with Gasteiger partial charge in [0.2, 0.25) is 11.8 Å². The van der Waals surface area contributed by atoms with Gasteiger partial charge in [0.25, 0.3) is 0 Å². The second-order valence-electron chi connectivity index (χ2n) is 4.77. The molecular weight excluding hydrogens is 260 g/mol. The highest BCUT2D eigenvalue weighted by Gasteiger charge is 2.19. The molecule has 7 nitrogen and oxygen atoms in total. The van der Waals surface area contributed by atoms with Crippen molar-refractivity contribution in [3.63, 3.8) is 0 Å². The summed E-state index contributed by atoms with van der Waals surface area (Å²) in [5, 5.41) is 0. The van der Waals surface area contributed by atoms with Gasteiger partial charge in [-0.25, -0.2) is 0 Å². The van der Waals surface area contributed by atoms with Crippen molar-refractivity contribution in [3.8, 4) is 5.88 Å². The molecule has 0 saturated carbocycles. The first kappa shape index (κ1) is 13.4. The van der Waals surface area contributed by atoms with Crippen LogP contribution in [0.2, 0.25) is 0 Å². The van der Waals surface area contributed by atoms with Crippen molar-refractivity contribution in [2.75, 3.05) is 69.5 Å². The minimum absolute atomic E-state index is 0.600. The van der Waals surface area contributed by atoms with Crippen LogP contribution in [0.1, 0.15) is 0 Å². The fraction of sp³-hybridized carbons (Fsp3) is 0.692. The van der Waals surface area contributed by atoms with Crippen LogP contribution in [-0.2, 0) is 9.47 Å². The minimum atomic E-state index is 0.600. The van der Waals surface area contributed by atoms with Crippen LogP contribution in [0.25, 0.3) is 0 Å². The molecule has 110 valence electrons. The first-order valence-corrected chi connectivity index (χ1v) is 6.95. The van der Waals surface area contributed by atoms with Gasteiger partial charge in [0, 0.05) is 32.2 Å². The van der Waals surface area contributed by atoms with Crippen molar-refractivity contribution in [1.82, 2.24) is 9.97 Å². The van der Waals surface area contributed by atoms with E-state index in [1.807, 2.05) is 6.07 Å². The molecule has 0 bridgehead atoms. The molecule has 0 N–H and O–H groups in total. The Bertz CT molecular complexity index is 409. The molecule has 3 heterocycles. The van der Waals surface area contributed by atoms with Crippen LogP contribution < -0.4 is 14.5 Å². The number of rotatable bonds is 3. The number of hydrogen-bond acceptors (Lipinski definition) is 7. The van der Waals surface area contributed by atoms with Gasteiger partial charge in [-0.3, -0.25) is 0 Å². The fourth-order valence-corrected chi connectivity index (χ4v) is 2.36. The van der Waals surface area contributed by atoms with Crippen LogP contribution in [0, 0.1) is 0 Å². The van der Waals surface area contributed by atoms with Gasteiger partial charge in [-0.2, -0.15) is 9.97 Å². The number of nitrogens with zero attached hydrogens (tertiary/aromatic N) is 4. The summed E-state index contributed by atoms with van der Waals surface area (Å²) >= 11 is 0. The predicted molar refractivity (Wildman–Crippen MR) is 74.6 cm³/mol. The van der Waals surface area contributed by atoms with Gasteiger partial charge in [0.15, 0.2) is 0 Å². The Morgan fingerprint density at radius 2 is 1.55 bits per heavy atom. The van der Waals surface area contributed by atoms with Gasteiger partial charge < -0.3 is 24.0 Å². The van der Waals surface area contributed by atoms with Crippen LogP contribution in [0.15, 0.2) is 6.07 Å². The molecule has 1 aromatic rings. The Hall–Kier alpha value is -1.60. The quantitative estimate of drug-likeness (QED) is 0.781. The molecule has 0 unspecified atom stereocenters. The zero-order valence-electron chi connectivity index (χ0n) is 11.7. The number of aromatic nitrogens is 2. The zero-order chi connectivity index (χ0) is 13.8. The van der Waals surface area contributed by atoms with E-state index in [-0.39, 0.29) is 0 Å². The molecular formula is C13H20N4O3. The van der Waals surface area contributed by atoms with Gasteiger partial charge in [-0.15, -0.1) is 0 Å². The van der Waals surface area contributed by atoms with Crippen molar-refractivity contribution < 1.29 is 14.2 Å². The lowest BCUT2D eigenvalue weighted by Gasteiger charge is -2.30. The van der Waals surface area contributed by atoms with Gasteiger partial charge >= 0.3 is 0 Å². The van der Waals surface area contributed by atoms with E-state index in [0.717, 1.165) is 45.2 Å². The molecule has 0 aromatic carbocycles. The Morgan fingerprint density at radius 1 is 0.950 bits per heavy atom. The van der Waals surface area contributed by atoms with Crippen LogP contribution in [0.3, 0.4) is 0 Å². The Balaban J connectivity index is 1.85. The molecule has 0 amide bonds. The molecule has 20 heavy (non-hydrogen) atoms. The maximum Gasteiger partial charge on any atom is 0.230 e. The average Bonchev–Trinajstić information content (AvgIpc) is 2.56. The largest absolute Gasteiger partial charge is 0.481 e. The van der Waals surface area contributed by atoms with Gasteiger partial charge in [0.05, 0.1) is 33.5 Å². The monoisotopic (exact) mass is 280 g/mol. The molecule has 3 rings (SSSR count). The SMILES string of the molecule is COc1cc(N2CCOCC2)nc(N2CCOCC2)n1. The van der Waals surface area contributed by atoms with Crippen LogP contribution >= 0.6 is 0 Å². The number of ether oxygens (including phenoxy) is 3. The third-order valence-electron chi connectivity index (χ3n) is 3.52. The second-order valence-corrected chi connectivity index (χ2v) is 4.77. The maximum absolute atomic E-state index is 5.38. The van der Waals surface area contributed by atoms with E-state index in [9.17, 15) is 0 Å². The first-order valence-electron chi connectivity index (χ1n) is 6.95. The van der Waals surface area contributed by atoms with Crippen LogP contribution in [-0.4, -0.2) is 69.7 Å². The van der Waals surface area contributed by atoms with Crippen LogP contribution in [0.5, 0.6) is 5.88 Å². The van der Waals surface area contributed by atoms with E-state index in [0.29, 0.717) is 25.0 Å². The summed E-state index contributed by atoms with van der Waals surface area (Å²) in [7, 11) is 1.63. The van der Waals surface area contributed by atoms with Gasteiger partial charge in [-0.05, 0) is 0 Å². The lowest BCUT2D eigenvalue weighted by atomic mass is 10.4. The highest BCUT2D eigenvalue weighted by Crippen LogP contribution is 2.23. The standard InChI is InChI=1S/C13H20N4O3/c1-18-12-10-11(16-2-6-19-7-3-16)14-13(15-12)17-4-8-20-9-5-17/h10H,2-9H2,1H3. The number of morpholine rings is 2.